The van der Waals surface area contributed by atoms with Gasteiger partial charge < -0.3 is 9.42 Å². The van der Waals surface area contributed by atoms with Crippen molar-refractivity contribution in [3.05, 3.63) is 25.0 Å². The van der Waals surface area contributed by atoms with Crippen LogP contribution >= 0.6 is 7.60 Å². The van der Waals surface area contributed by atoms with Gasteiger partial charge in [-0.05, 0) is 6.92 Å². The lowest BCUT2D eigenvalue weighted by molar-refractivity contribution is 0.351. The largest absolute Gasteiger partial charge is 0.433 e. The van der Waals surface area contributed by atoms with Gasteiger partial charge in [0.15, 0.2) is 0 Å². The summed E-state index contributed by atoms with van der Waals surface area (Å²) in [5.74, 6) is 0. The van der Waals surface area contributed by atoms with Gasteiger partial charge in [-0.25, -0.2) is 4.57 Å². The average Bonchev–Trinajstić information content (AvgIpc) is 1.59. The lowest BCUT2D eigenvalue weighted by Crippen LogP contribution is -1.90. The van der Waals surface area contributed by atoms with Crippen LogP contribution in [0.3, 0.4) is 0 Å². The van der Waals surface area contributed by atoms with E-state index in [1.807, 2.05) is 0 Å². The van der Waals surface area contributed by atoms with Crippen LogP contribution in [-0.2, 0) is 9.09 Å². The van der Waals surface area contributed by atoms with Crippen LogP contribution in [0.5, 0.6) is 0 Å². The van der Waals surface area contributed by atoms with Crippen LogP contribution in [0.25, 0.3) is 0 Å². The zero-order valence-corrected chi connectivity index (χ0v) is 6.80. The van der Waals surface area contributed by atoms with E-state index in [-0.39, 0.29) is 6.16 Å². The fraction of sp³-hybridized carbons (Fsp3) is 0.333. The highest BCUT2D eigenvalue weighted by Gasteiger charge is 2.17. The summed E-state index contributed by atoms with van der Waals surface area (Å²) >= 11 is 0. The molecule has 0 saturated carbocycles. The SMILES string of the molecule is C=COP(=O)(O)CC(=C)C. The normalized spacial score (nSPS) is 15.4. The molecule has 1 N–H and O–H groups in total. The first-order valence-corrected chi connectivity index (χ1v) is 4.50. The van der Waals surface area contributed by atoms with E-state index in [1.54, 1.807) is 6.92 Å². The molecule has 0 heterocycles. The fourth-order valence-electron chi connectivity index (χ4n) is 0.495. The molecular formula is C6H11O3P. The van der Waals surface area contributed by atoms with Gasteiger partial charge in [-0.15, -0.1) is 0 Å². The second kappa shape index (κ2) is 3.59. The Labute approximate surface area is 60.6 Å². The summed E-state index contributed by atoms with van der Waals surface area (Å²) in [5.41, 5.74) is 0.618. The lowest BCUT2D eigenvalue weighted by atomic mass is 10.4. The van der Waals surface area contributed by atoms with Gasteiger partial charge in [0.05, 0.1) is 12.4 Å². The predicted molar refractivity (Wildman–Crippen MR) is 40.8 cm³/mol. The molecule has 0 fully saturated rings. The molecule has 0 aromatic heterocycles. The summed E-state index contributed by atoms with van der Waals surface area (Å²) in [6.45, 7) is 8.31. The van der Waals surface area contributed by atoms with Gasteiger partial charge in [0.25, 0.3) is 0 Å². The molecule has 0 rings (SSSR count). The Morgan fingerprint density at radius 3 is 2.70 bits per heavy atom. The summed E-state index contributed by atoms with van der Waals surface area (Å²) in [5, 5.41) is 0. The van der Waals surface area contributed by atoms with E-state index in [1.165, 1.54) is 0 Å². The standard InChI is InChI=1S/C6H11O3P/c1-4-9-10(7,8)5-6(2)3/h4H,1-2,5H2,3H3,(H,7,8). The summed E-state index contributed by atoms with van der Waals surface area (Å²) in [6, 6.07) is 0. The van der Waals surface area contributed by atoms with E-state index < -0.39 is 7.60 Å². The molecule has 0 bridgehead atoms. The summed E-state index contributed by atoms with van der Waals surface area (Å²) in [4.78, 5) is 8.89. The van der Waals surface area contributed by atoms with Gasteiger partial charge in [-0.1, -0.05) is 18.7 Å². The highest BCUT2D eigenvalue weighted by Crippen LogP contribution is 2.43. The van der Waals surface area contributed by atoms with Crippen molar-refractivity contribution in [3.63, 3.8) is 0 Å². The van der Waals surface area contributed by atoms with Crippen LogP contribution in [0.4, 0.5) is 0 Å². The molecule has 0 spiro atoms. The van der Waals surface area contributed by atoms with Crippen LogP contribution in [0.15, 0.2) is 25.0 Å². The van der Waals surface area contributed by atoms with Gasteiger partial charge in [0, 0.05) is 0 Å². The van der Waals surface area contributed by atoms with E-state index in [9.17, 15) is 4.57 Å². The Bertz CT molecular complexity index is 185. The van der Waals surface area contributed by atoms with Gasteiger partial charge >= 0.3 is 7.60 Å². The summed E-state index contributed by atoms with van der Waals surface area (Å²) < 4.78 is 15.2. The molecule has 1 atom stereocenters. The number of allylic oxidation sites excluding steroid dienone is 1. The molecule has 0 aromatic rings. The molecular weight excluding hydrogens is 151 g/mol. The predicted octanol–water partition coefficient (Wildman–Crippen LogP) is 1.91. The summed E-state index contributed by atoms with van der Waals surface area (Å²) in [6.07, 6.45) is 0.947. The number of hydrogen-bond acceptors (Lipinski definition) is 2. The van der Waals surface area contributed by atoms with E-state index >= 15 is 0 Å². The lowest BCUT2D eigenvalue weighted by Gasteiger charge is -2.08. The summed E-state index contributed by atoms with van der Waals surface area (Å²) in [7, 11) is -3.47. The molecule has 4 heteroatoms. The first-order chi connectivity index (χ1) is 4.48. The molecule has 0 aliphatic carbocycles. The molecule has 58 valence electrons. The van der Waals surface area contributed by atoms with E-state index in [4.69, 9.17) is 4.89 Å². The quantitative estimate of drug-likeness (QED) is 0.390. The van der Waals surface area contributed by atoms with Gasteiger partial charge in [-0.2, -0.15) is 0 Å². The fourth-order valence-corrected chi connectivity index (χ4v) is 1.48. The van der Waals surface area contributed by atoms with Crippen molar-refractivity contribution in [1.82, 2.24) is 0 Å². The van der Waals surface area contributed by atoms with Crippen molar-refractivity contribution in [2.24, 2.45) is 0 Å². The minimum atomic E-state index is -3.47. The van der Waals surface area contributed by atoms with Crippen LogP contribution in [-0.4, -0.2) is 11.1 Å². The van der Waals surface area contributed by atoms with Gasteiger partial charge in [0.2, 0.25) is 0 Å². The minimum Gasteiger partial charge on any atom is -0.433 e. The second-order valence-electron chi connectivity index (χ2n) is 2.02. The first-order valence-electron chi connectivity index (χ1n) is 2.73. The Hall–Kier alpha value is -0.530. The van der Waals surface area contributed by atoms with Gasteiger partial charge in [0.1, 0.15) is 0 Å². The molecule has 0 aliphatic heterocycles. The van der Waals surface area contributed by atoms with Crippen LogP contribution < -0.4 is 0 Å². The minimum absolute atomic E-state index is 0.0149. The molecule has 0 aliphatic rings. The number of rotatable bonds is 4. The topological polar surface area (TPSA) is 46.5 Å². The zero-order chi connectivity index (χ0) is 8.20. The van der Waals surface area contributed by atoms with E-state index in [0.717, 1.165) is 6.26 Å². The van der Waals surface area contributed by atoms with Crippen LogP contribution in [0.1, 0.15) is 6.92 Å². The Morgan fingerprint density at radius 2 is 2.40 bits per heavy atom. The highest BCUT2D eigenvalue weighted by molar-refractivity contribution is 7.53. The molecule has 0 saturated heterocycles. The maximum Gasteiger partial charge on any atom is 0.380 e. The average molecular weight is 162 g/mol. The van der Waals surface area contributed by atoms with Crippen molar-refractivity contribution < 1.29 is 14.0 Å². The molecule has 0 radical (unpaired) electrons. The molecule has 0 aromatic carbocycles. The highest BCUT2D eigenvalue weighted by atomic mass is 31.2. The third-order valence-corrected chi connectivity index (χ3v) is 2.13. The van der Waals surface area contributed by atoms with Crippen molar-refractivity contribution in [3.8, 4) is 0 Å². The number of hydrogen-bond donors (Lipinski definition) is 1. The second-order valence-corrected chi connectivity index (χ2v) is 3.83. The molecule has 3 nitrogen and oxygen atoms in total. The Balaban J connectivity index is 3.99. The molecule has 10 heavy (non-hydrogen) atoms. The van der Waals surface area contributed by atoms with Crippen molar-refractivity contribution >= 4 is 7.60 Å². The Kier molecular flexibility index (Phi) is 3.40. The smallest absolute Gasteiger partial charge is 0.380 e. The Morgan fingerprint density at radius 1 is 1.90 bits per heavy atom. The third-order valence-electron chi connectivity index (χ3n) is 0.709. The van der Waals surface area contributed by atoms with E-state index in [2.05, 4.69) is 17.7 Å². The van der Waals surface area contributed by atoms with Gasteiger partial charge in [-0.3, -0.25) is 0 Å². The van der Waals surface area contributed by atoms with Crippen LogP contribution in [0.2, 0.25) is 0 Å². The third kappa shape index (κ3) is 4.36. The van der Waals surface area contributed by atoms with E-state index in [0.29, 0.717) is 5.57 Å². The van der Waals surface area contributed by atoms with Crippen LogP contribution in [0, 0.1) is 0 Å². The van der Waals surface area contributed by atoms with Crippen molar-refractivity contribution in [2.75, 3.05) is 6.16 Å². The monoisotopic (exact) mass is 162 g/mol. The maximum atomic E-state index is 10.8. The molecule has 0 amide bonds. The zero-order valence-electron chi connectivity index (χ0n) is 5.91. The maximum absolute atomic E-state index is 10.8. The molecule has 1 unspecified atom stereocenters. The van der Waals surface area contributed by atoms with Crippen molar-refractivity contribution in [1.29, 1.82) is 0 Å². The first kappa shape index (κ1) is 9.47. The van der Waals surface area contributed by atoms with Crippen molar-refractivity contribution in [2.45, 2.75) is 6.92 Å².